The Morgan fingerprint density at radius 2 is 2.18 bits per heavy atom. The van der Waals surface area contributed by atoms with Gasteiger partial charge in [0.25, 0.3) is 0 Å². The minimum atomic E-state index is 0.666. The lowest BCUT2D eigenvalue weighted by molar-refractivity contribution is 1.04. The predicted molar refractivity (Wildman–Crippen MR) is 72.3 cm³/mol. The Morgan fingerprint density at radius 1 is 1.29 bits per heavy atom. The number of thioether (sulfide) groups is 1. The van der Waals surface area contributed by atoms with E-state index < -0.39 is 0 Å². The van der Waals surface area contributed by atoms with Crippen molar-refractivity contribution in [1.29, 1.82) is 0 Å². The van der Waals surface area contributed by atoms with E-state index in [1.807, 2.05) is 13.1 Å². The van der Waals surface area contributed by atoms with Crippen LogP contribution in [0.2, 0.25) is 0 Å². The molecule has 0 saturated heterocycles. The number of hydrogen-bond acceptors (Lipinski definition) is 4. The van der Waals surface area contributed by atoms with Crippen LogP contribution in [0.5, 0.6) is 0 Å². The Balaban J connectivity index is 2.02. The van der Waals surface area contributed by atoms with Gasteiger partial charge in [0.05, 0.1) is 0 Å². The first kappa shape index (κ1) is 11.9. The zero-order valence-corrected chi connectivity index (χ0v) is 10.8. The van der Waals surface area contributed by atoms with Crippen molar-refractivity contribution in [3.05, 3.63) is 47.7 Å². The van der Waals surface area contributed by atoms with Crippen LogP contribution >= 0.6 is 11.8 Å². The molecule has 0 bridgehead atoms. The topological polar surface area (TPSA) is 37.8 Å². The van der Waals surface area contributed by atoms with Gasteiger partial charge < -0.3 is 5.32 Å². The Hall–Kier alpha value is -1.55. The third-order valence-electron chi connectivity index (χ3n) is 2.32. The van der Waals surface area contributed by atoms with E-state index in [0.717, 1.165) is 10.8 Å². The van der Waals surface area contributed by atoms with Crippen molar-refractivity contribution in [3.8, 4) is 0 Å². The summed E-state index contributed by atoms with van der Waals surface area (Å²) in [6, 6.07) is 10.5. The molecule has 1 aromatic heterocycles. The van der Waals surface area contributed by atoms with E-state index in [9.17, 15) is 0 Å². The van der Waals surface area contributed by atoms with Crippen molar-refractivity contribution >= 4 is 17.7 Å². The van der Waals surface area contributed by atoms with E-state index in [1.165, 1.54) is 11.1 Å². The van der Waals surface area contributed by atoms with Crippen molar-refractivity contribution in [2.75, 3.05) is 12.4 Å². The minimum absolute atomic E-state index is 0.666. The minimum Gasteiger partial charge on any atom is -0.357 e. The lowest BCUT2D eigenvalue weighted by Gasteiger charge is -2.04. The standard InChI is InChI=1S/C13H15N3S/c1-10-4-3-5-11(8-10)9-17-12-6-7-15-13(14-2)16-12/h3-8H,9H2,1-2H3,(H,14,15,16). The third-order valence-corrected chi connectivity index (χ3v) is 3.32. The maximum atomic E-state index is 4.37. The number of aryl methyl sites for hydroxylation is 1. The number of hydrogen-bond donors (Lipinski definition) is 1. The van der Waals surface area contributed by atoms with Gasteiger partial charge in [-0.3, -0.25) is 0 Å². The number of aromatic nitrogens is 2. The van der Waals surface area contributed by atoms with E-state index >= 15 is 0 Å². The van der Waals surface area contributed by atoms with Crippen molar-refractivity contribution < 1.29 is 0 Å². The molecule has 2 rings (SSSR count). The average molecular weight is 245 g/mol. The van der Waals surface area contributed by atoms with Crippen LogP contribution in [0, 0.1) is 6.92 Å². The molecule has 1 heterocycles. The van der Waals surface area contributed by atoms with Crippen LogP contribution in [-0.2, 0) is 5.75 Å². The summed E-state index contributed by atoms with van der Waals surface area (Å²) in [4.78, 5) is 8.46. The molecular weight excluding hydrogens is 230 g/mol. The van der Waals surface area contributed by atoms with E-state index in [0.29, 0.717) is 5.95 Å². The molecule has 2 aromatic rings. The number of benzene rings is 1. The van der Waals surface area contributed by atoms with Crippen molar-refractivity contribution in [2.24, 2.45) is 0 Å². The molecule has 4 heteroatoms. The average Bonchev–Trinajstić information content (AvgIpc) is 2.37. The summed E-state index contributed by atoms with van der Waals surface area (Å²) < 4.78 is 0. The molecule has 17 heavy (non-hydrogen) atoms. The molecule has 0 radical (unpaired) electrons. The second-order valence-electron chi connectivity index (χ2n) is 3.75. The molecule has 0 aliphatic carbocycles. The van der Waals surface area contributed by atoms with Gasteiger partial charge in [-0.2, -0.15) is 0 Å². The Bertz CT molecular complexity index is 500. The Kier molecular flexibility index (Phi) is 3.98. The first-order valence-electron chi connectivity index (χ1n) is 5.47. The third kappa shape index (κ3) is 3.46. The van der Waals surface area contributed by atoms with E-state index in [4.69, 9.17) is 0 Å². The monoisotopic (exact) mass is 245 g/mol. The fourth-order valence-electron chi connectivity index (χ4n) is 1.50. The maximum Gasteiger partial charge on any atom is 0.223 e. The van der Waals surface area contributed by atoms with Crippen LogP contribution in [0.15, 0.2) is 41.6 Å². The normalized spacial score (nSPS) is 10.2. The highest BCUT2D eigenvalue weighted by Gasteiger charge is 1.99. The molecule has 1 aromatic carbocycles. The lowest BCUT2D eigenvalue weighted by atomic mass is 10.2. The van der Waals surface area contributed by atoms with Gasteiger partial charge in [-0.1, -0.05) is 29.8 Å². The van der Waals surface area contributed by atoms with Crippen molar-refractivity contribution in [3.63, 3.8) is 0 Å². The summed E-state index contributed by atoms with van der Waals surface area (Å²) in [5, 5.41) is 3.93. The molecule has 1 N–H and O–H groups in total. The van der Waals surface area contributed by atoms with Gasteiger partial charge in [-0.15, -0.1) is 11.8 Å². The second-order valence-corrected chi connectivity index (χ2v) is 4.74. The highest BCUT2D eigenvalue weighted by atomic mass is 32.2. The number of rotatable bonds is 4. The largest absolute Gasteiger partial charge is 0.357 e. The van der Waals surface area contributed by atoms with Crippen LogP contribution in [0.1, 0.15) is 11.1 Å². The van der Waals surface area contributed by atoms with Gasteiger partial charge in [-0.25, -0.2) is 9.97 Å². The molecule has 0 spiro atoms. The quantitative estimate of drug-likeness (QED) is 0.663. The summed E-state index contributed by atoms with van der Waals surface area (Å²) >= 11 is 1.72. The van der Waals surface area contributed by atoms with Gasteiger partial charge >= 0.3 is 0 Å². The molecule has 0 amide bonds. The van der Waals surface area contributed by atoms with Crippen molar-refractivity contribution in [2.45, 2.75) is 17.7 Å². The summed E-state index contributed by atoms with van der Waals surface area (Å²) in [7, 11) is 1.82. The van der Waals surface area contributed by atoms with Crippen LogP contribution < -0.4 is 5.32 Å². The van der Waals surface area contributed by atoms with Gasteiger partial charge in [-0.05, 0) is 18.6 Å². The van der Waals surface area contributed by atoms with Crippen molar-refractivity contribution in [1.82, 2.24) is 9.97 Å². The first-order chi connectivity index (χ1) is 8.28. The van der Waals surface area contributed by atoms with E-state index in [2.05, 4.69) is 46.5 Å². The number of nitrogens with one attached hydrogen (secondary N) is 1. The van der Waals surface area contributed by atoms with Crippen LogP contribution in [0.4, 0.5) is 5.95 Å². The van der Waals surface area contributed by atoms with Gasteiger partial charge in [0.15, 0.2) is 0 Å². The van der Waals surface area contributed by atoms with Gasteiger partial charge in [0.1, 0.15) is 5.03 Å². The SMILES string of the molecule is CNc1nccc(SCc2cccc(C)c2)n1. The molecule has 0 saturated carbocycles. The molecule has 0 aliphatic heterocycles. The summed E-state index contributed by atoms with van der Waals surface area (Å²) in [5.74, 6) is 1.60. The van der Waals surface area contributed by atoms with Crippen LogP contribution in [0.25, 0.3) is 0 Å². The Labute approximate surface area is 106 Å². The van der Waals surface area contributed by atoms with Crippen LogP contribution in [0.3, 0.4) is 0 Å². The second kappa shape index (κ2) is 5.68. The number of nitrogens with zero attached hydrogens (tertiary/aromatic N) is 2. The maximum absolute atomic E-state index is 4.37. The molecule has 3 nitrogen and oxygen atoms in total. The molecular formula is C13H15N3S. The summed E-state index contributed by atoms with van der Waals surface area (Å²) in [6.45, 7) is 2.11. The zero-order chi connectivity index (χ0) is 12.1. The Morgan fingerprint density at radius 3 is 2.94 bits per heavy atom. The zero-order valence-electron chi connectivity index (χ0n) is 9.97. The molecule has 0 fully saturated rings. The molecule has 88 valence electrons. The summed E-state index contributed by atoms with van der Waals surface area (Å²) in [5.41, 5.74) is 2.61. The van der Waals surface area contributed by atoms with E-state index in [-0.39, 0.29) is 0 Å². The number of anilines is 1. The fourth-order valence-corrected chi connectivity index (χ4v) is 2.30. The van der Waals surface area contributed by atoms with E-state index in [1.54, 1.807) is 18.0 Å². The molecule has 0 unspecified atom stereocenters. The lowest BCUT2D eigenvalue weighted by Crippen LogP contribution is -1.96. The smallest absolute Gasteiger partial charge is 0.223 e. The van der Waals surface area contributed by atoms with Gasteiger partial charge in [0.2, 0.25) is 5.95 Å². The highest BCUT2D eigenvalue weighted by Crippen LogP contribution is 2.21. The fraction of sp³-hybridized carbons (Fsp3) is 0.231. The molecule has 0 aliphatic rings. The predicted octanol–water partition coefficient (Wildman–Crippen LogP) is 3.12. The van der Waals surface area contributed by atoms with Gasteiger partial charge in [0, 0.05) is 19.0 Å². The molecule has 0 atom stereocenters. The highest BCUT2D eigenvalue weighted by molar-refractivity contribution is 7.98. The summed E-state index contributed by atoms with van der Waals surface area (Å²) in [6.07, 6.45) is 1.78. The first-order valence-corrected chi connectivity index (χ1v) is 6.45. The van der Waals surface area contributed by atoms with Crippen LogP contribution in [-0.4, -0.2) is 17.0 Å².